The fourth-order valence-electron chi connectivity index (χ4n) is 11.2. The molecule has 0 N–H and O–H groups in total. The van der Waals surface area contributed by atoms with Gasteiger partial charge in [0.25, 0.3) is 0 Å². The van der Waals surface area contributed by atoms with Gasteiger partial charge in [-0.1, -0.05) is 100 Å². The van der Waals surface area contributed by atoms with Crippen molar-refractivity contribution in [3.63, 3.8) is 0 Å². The highest BCUT2D eigenvalue weighted by Gasteiger charge is 2.72. The SMILES string of the molecule is CC(C)(O[Si](C)(C)C(C)(C)C)[C@@H]1C[C@@H](O[Si](C)(C)C(C)(C)C)[C@]2(C)[C@H](CC[C@@]3(C)[C@H]2CC[C@@H]2C(=O)c4c(n(COCC[Si](C)(C)C)c5ccccc45)[C@@]23C)O1. The van der Waals surface area contributed by atoms with Gasteiger partial charge in [-0.15, -0.1) is 0 Å². The zero-order chi connectivity index (χ0) is 41.2. The molecule has 1 saturated heterocycles. The zero-order valence-corrected chi connectivity index (χ0v) is 41.3. The highest BCUT2D eigenvalue weighted by Crippen LogP contribution is 2.72. The van der Waals surface area contributed by atoms with Crippen LogP contribution in [0.2, 0.25) is 61.9 Å². The van der Waals surface area contributed by atoms with Crippen LogP contribution in [0.3, 0.4) is 0 Å². The van der Waals surface area contributed by atoms with Gasteiger partial charge in [0, 0.05) is 54.5 Å². The van der Waals surface area contributed by atoms with Gasteiger partial charge < -0.3 is 22.9 Å². The molecular weight excluding hydrogens is 731 g/mol. The predicted octanol–water partition coefficient (Wildman–Crippen LogP) is 12.6. The van der Waals surface area contributed by atoms with Gasteiger partial charge in [0.15, 0.2) is 22.4 Å². The molecule has 3 fully saturated rings. The Morgan fingerprint density at radius 1 is 0.855 bits per heavy atom. The molecule has 2 saturated carbocycles. The van der Waals surface area contributed by atoms with Crippen LogP contribution in [-0.4, -0.2) is 65.6 Å². The molecule has 6 nitrogen and oxygen atoms in total. The molecule has 0 radical (unpaired) electrons. The summed E-state index contributed by atoms with van der Waals surface area (Å²) in [5, 5.41) is 1.27. The topological polar surface area (TPSA) is 58.9 Å². The minimum absolute atomic E-state index is 0.0246. The number of carbonyl (C=O) groups excluding carboxylic acids is 1. The minimum atomic E-state index is -2.20. The molecule has 4 aliphatic rings. The lowest BCUT2D eigenvalue weighted by atomic mass is 9.39. The molecule has 2 aromatic rings. The molecule has 9 heteroatoms. The number of ketones is 1. The van der Waals surface area contributed by atoms with Gasteiger partial charge in [-0.3, -0.25) is 4.79 Å². The second kappa shape index (κ2) is 13.7. The second-order valence-corrected chi connectivity index (χ2v) is 38.9. The Kier molecular flexibility index (Phi) is 10.9. The third-order valence-corrected chi connectivity index (χ3v) is 27.6. The lowest BCUT2D eigenvalue weighted by molar-refractivity contribution is -0.275. The quantitative estimate of drug-likeness (QED) is 0.177. The smallest absolute Gasteiger partial charge is 0.192 e. The summed E-state index contributed by atoms with van der Waals surface area (Å²) in [6.45, 7) is 44.3. The van der Waals surface area contributed by atoms with Crippen molar-refractivity contribution in [3.05, 3.63) is 35.5 Å². The first-order chi connectivity index (χ1) is 24.9. The molecule has 6 rings (SSSR count). The molecular formula is C46H79NO5Si3. The normalized spacial score (nSPS) is 33.3. The summed E-state index contributed by atoms with van der Waals surface area (Å²) in [6, 6.07) is 9.72. The number of para-hydroxylation sites is 1. The number of rotatable bonds is 10. The van der Waals surface area contributed by atoms with E-state index in [-0.39, 0.29) is 50.6 Å². The Morgan fingerprint density at radius 2 is 1.47 bits per heavy atom. The van der Waals surface area contributed by atoms with Gasteiger partial charge in [-0.05, 0) is 99.2 Å². The Labute approximate surface area is 338 Å². The summed E-state index contributed by atoms with van der Waals surface area (Å²) < 4.78 is 31.5. The summed E-state index contributed by atoms with van der Waals surface area (Å²) in [6.07, 6.45) is 4.70. The number of Topliss-reactive ketones (excluding diaryl/α,β-unsaturated/α-hetero) is 1. The van der Waals surface area contributed by atoms with Gasteiger partial charge in [0.1, 0.15) is 6.73 Å². The van der Waals surface area contributed by atoms with Crippen molar-refractivity contribution < 1.29 is 23.1 Å². The van der Waals surface area contributed by atoms with E-state index in [1.54, 1.807) is 0 Å². The molecule has 310 valence electrons. The van der Waals surface area contributed by atoms with Crippen LogP contribution < -0.4 is 0 Å². The van der Waals surface area contributed by atoms with E-state index in [2.05, 4.69) is 151 Å². The Bertz CT molecular complexity index is 1780. The number of hydrogen-bond donors (Lipinski definition) is 0. The van der Waals surface area contributed by atoms with Crippen molar-refractivity contribution in [3.8, 4) is 0 Å². The number of nitrogens with zero attached hydrogens (tertiary/aromatic N) is 1. The number of hydrogen-bond acceptors (Lipinski definition) is 5. The number of fused-ring (bicyclic) bond motifs is 9. The zero-order valence-electron chi connectivity index (χ0n) is 38.3. The lowest BCUT2D eigenvalue weighted by Gasteiger charge is -2.69. The first kappa shape index (κ1) is 43.5. The maximum absolute atomic E-state index is 14.9. The summed E-state index contributed by atoms with van der Waals surface area (Å²) in [4.78, 5) is 14.9. The maximum Gasteiger partial charge on any atom is 0.192 e. The average Bonchev–Trinajstić information content (AvgIpc) is 3.48. The fraction of sp³-hybridized carbons (Fsp3) is 0.804. The van der Waals surface area contributed by atoms with Crippen LogP contribution in [0.5, 0.6) is 0 Å². The van der Waals surface area contributed by atoms with E-state index in [4.69, 9.17) is 18.3 Å². The number of benzene rings is 1. The third kappa shape index (κ3) is 6.91. The summed E-state index contributed by atoms with van der Waals surface area (Å²) in [7, 11) is -5.54. The summed E-state index contributed by atoms with van der Waals surface area (Å²) in [5.41, 5.74) is 2.15. The van der Waals surface area contributed by atoms with Crippen molar-refractivity contribution in [2.45, 2.75) is 206 Å². The monoisotopic (exact) mass is 810 g/mol. The third-order valence-electron chi connectivity index (χ3n) is 16.8. The van der Waals surface area contributed by atoms with Crippen molar-refractivity contribution in [1.29, 1.82) is 0 Å². The maximum atomic E-state index is 14.9. The van der Waals surface area contributed by atoms with E-state index in [0.717, 1.165) is 61.2 Å². The molecule has 0 bridgehead atoms. The van der Waals surface area contributed by atoms with Gasteiger partial charge in [0.05, 0.1) is 29.4 Å². The molecule has 1 aromatic carbocycles. The van der Waals surface area contributed by atoms with Crippen LogP contribution >= 0.6 is 0 Å². The Hall–Kier alpha value is -1.08. The van der Waals surface area contributed by atoms with Gasteiger partial charge in [-0.25, -0.2) is 0 Å². The van der Waals surface area contributed by atoms with E-state index in [1.165, 1.54) is 5.69 Å². The molecule has 0 amide bonds. The molecule has 3 aliphatic carbocycles. The molecule has 0 spiro atoms. The predicted molar refractivity (Wildman–Crippen MR) is 237 cm³/mol. The number of ether oxygens (including phenoxy) is 2. The molecule has 55 heavy (non-hydrogen) atoms. The molecule has 0 unspecified atom stereocenters. The van der Waals surface area contributed by atoms with Crippen molar-refractivity contribution in [1.82, 2.24) is 4.57 Å². The Morgan fingerprint density at radius 3 is 2.07 bits per heavy atom. The second-order valence-electron chi connectivity index (χ2n) is 23.8. The highest BCUT2D eigenvalue weighted by molar-refractivity contribution is 6.76. The van der Waals surface area contributed by atoms with Crippen LogP contribution in [0.25, 0.3) is 10.9 Å². The lowest BCUT2D eigenvalue weighted by Crippen LogP contribution is -2.70. The summed E-state index contributed by atoms with van der Waals surface area (Å²) in [5.74, 6) is 0.629. The van der Waals surface area contributed by atoms with Crippen LogP contribution in [0.15, 0.2) is 24.3 Å². The van der Waals surface area contributed by atoms with Crippen molar-refractivity contribution in [2.24, 2.45) is 22.7 Å². The first-order valence-corrected chi connectivity index (χ1v) is 31.2. The van der Waals surface area contributed by atoms with Crippen LogP contribution in [0.1, 0.15) is 124 Å². The largest absolute Gasteiger partial charge is 0.413 e. The highest BCUT2D eigenvalue weighted by atomic mass is 28.4. The van der Waals surface area contributed by atoms with Gasteiger partial charge in [0.2, 0.25) is 0 Å². The minimum Gasteiger partial charge on any atom is -0.413 e. The molecule has 1 aromatic heterocycles. The van der Waals surface area contributed by atoms with Crippen LogP contribution in [-0.2, 0) is 30.5 Å². The van der Waals surface area contributed by atoms with Gasteiger partial charge >= 0.3 is 0 Å². The van der Waals surface area contributed by atoms with E-state index in [1.807, 2.05) is 0 Å². The Balaban J connectivity index is 1.45. The van der Waals surface area contributed by atoms with E-state index in [0.29, 0.717) is 18.4 Å². The van der Waals surface area contributed by atoms with E-state index in [9.17, 15) is 4.79 Å². The molecule has 1 aliphatic heterocycles. The van der Waals surface area contributed by atoms with Gasteiger partial charge in [-0.2, -0.15) is 0 Å². The van der Waals surface area contributed by atoms with E-state index < -0.39 is 30.3 Å². The van der Waals surface area contributed by atoms with Crippen LogP contribution in [0.4, 0.5) is 0 Å². The number of carbonyl (C=O) groups is 1. The molecule has 2 heterocycles. The summed E-state index contributed by atoms with van der Waals surface area (Å²) >= 11 is 0. The average molecular weight is 810 g/mol. The van der Waals surface area contributed by atoms with Crippen LogP contribution in [0, 0.1) is 22.7 Å². The van der Waals surface area contributed by atoms with Crippen molar-refractivity contribution >= 4 is 41.4 Å². The molecule has 8 atom stereocenters. The van der Waals surface area contributed by atoms with E-state index >= 15 is 0 Å². The first-order valence-electron chi connectivity index (χ1n) is 21.7. The number of aromatic nitrogens is 1. The standard InChI is InChI=1S/C46H79NO5Si3/c1-41(2,3)54(15,16)51-37-29-36(43(7,8)52-55(17,18)42(4,5)6)50-35-25-26-44(9)34(45(35,37)10)24-23-32-39(48)38-31-21-19-20-22-33(31)47(40(38)46(32,44)11)30-49-27-28-53(12,13)14/h19-22,32,34-37H,23-30H2,1-18H3/t32-,34-,35+,36+,37-,44+,45+,46-/m1/s1. The van der Waals surface area contributed by atoms with Crippen molar-refractivity contribution in [2.75, 3.05) is 6.61 Å². The fourth-order valence-corrected chi connectivity index (χ4v) is 15.2.